The molecule has 70 heavy (non-hydrogen) atoms. The highest BCUT2D eigenvalue weighted by atomic mass is 16.6. The summed E-state index contributed by atoms with van der Waals surface area (Å²) in [7, 11) is 0. The Morgan fingerprint density at radius 1 is 0.671 bits per heavy atom. The third-order valence-electron chi connectivity index (χ3n) is 13.3. The largest absolute Gasteiger partial charge is 0.480 e. The number of aliphatic carboxylic acids is 1. The minimum Gasteiger partial charge on any atom is -0.480 e. The predicted molar refractivity (Wildman–Crippen MR) is 265 cm³/mol. The second-order valence-electron chi connectivity index (χ2n) is 21.9. The number of hydrogen-bond acceptors (Lipinski definition) is 10. The summed E-state index contributed by atoms with van der Waals surface area (Å²) in [5.41, 5.74) is 0.0787. The van der Waals surface area contributed by atoms with E-state index in [-0.39, 0.29) is 49.0 Å². The summed E-state index contributed by atoms with van der Waals surface area (Å²) in [6, 6.07) is 13.8. The molecule has 0 aromatic heterocycles. The average molecular weight is 974 g/mol. The smallest absolute Gasteiger partial charge is 0.408 e. The Kier molecular flexibility index (Phi) is 19.6. The van der Waals surface area contributed by atoms with Crippen molar-refractivity contribution in [3.05, 3.63) is 71.8 Å². The van der Waals surface area contributed by atoms with Gasteiger partial charge in [0, 0.05) is 38.5 Å². The fraction of sp³-hybridized carbons (Fsp3) is 0.642. The highest BCUT2D eigenvalue weighted by Gasteiger charge is 2.51. The highest BCUT2D eigenvalue weighted by molar-refractivity contribution is 5.95. The maximum atomic E-state index is 14.5. The van der Waals surface area contributed by atoms with Crippen molar-refractivity contribution in [1.82, 2.24) is 36.4 Å². The molecule has 6 N–H and O–H groups in total. The molecule has 5 atom stereocenters. The zero-order valence-corrected chi connectivity index (χ0v) is 42.6. The number of alkyl carbamates (subject to hydrolysis) is 2. The molecule has 1 saturated carbocycles. The molecule has 0 radical (unpaired) electrons. The second-order valence-corrected chi connectivity index (χ2v) is 21.9. The van der Waals surface area contributed by atoms with E-state index in [9.17, 15) is 38.7 Å². The molecule has 17 nitrogen and oxygen atoms in total. The zero-order chi connectivity index (χ0) is 51.2. The number of carboxylic acid groups (broad SMARTS) is 1. The summed E-state index contributed by atoms with van der Waals surface area (Å²) in [5, 5.41) is 24.0. The van der Waals surface area contributed by atoms with Gasteiger partial charge < -0.3 is 46.1 Å². The number of ether oxygens (including phenoxy) is 2. The Morgan fingerprint density at radius 3 is 1.70 bits per heavy atom. The SMILES string of the molecule is CC(C)CC(NC(=O)C(Cc1ccccc1)NC(=O)C(Cc1ccccc1)NC(=O)OC(C)(C)C)C(=O)NC(CCCCNC(=O)OC(C)(C)C)C(=O)N1CCC2(CC1)CC(N1CCC[C@@H]1C(=O)O)C2. The summed E-state index contributed by atoms with van der Waals surface area (Å²) in [6.07, 6.45) is 5.27. The first-order chi connectivity index (χ1) is 33.0. The van der Waals surface area contributed by atoms with Crippen LogP contribution in [0.1, 0.15) is 131 Å². The fourth-order valence-electron chi connectivity index (χ4n) is 9.82. The van der Waals surface area contributed by atoms with E-state index in [2.05, 4.69) is 31.5 Å². The molecule has 386 valence electrons. The van der Waals surface area contributed by atoms with Gasteiger partial charge in [0.15, 0.2) is 0 Å². The van der Waals surface area contributed by atoms with E-state index in [0.717, 1.165) is 49.8 Å². The number of likely N-dealkylation sites (tertiary alicyclic amines) is 2. The van der Waals surface area contributed by atoms with Gasteiger partial charge in [0.2, 0.25) is 23.6 Å². The summed E-state index contributed by atoms with van der Waals surface area (Å²) in [4.78, 5) is 98.9. The van der Waals surface area contributed by atoms with Crippen LogP contribution in [0.4, 0.5) is 9.59 Å². The Labute approximate surface area is 414 Å². The van der Waals surface area contributed by atoms with E-state index in [0.29, 0.717) is 38.9 Å². The molecule has 2 aliphatic heterocycles. The Balaban J connectivity index is 1.30. The quantitative estimate of drug-likeness (QED) is 0.0811. The maximum Gasteiger partial charge on any atom is 0.408 e. The van der Waals surface area contributed by atoms with Crippen LogP contribution in [0, 0.1) is 11.3 Å². The third kappa shape index (κ3) is 17.3. The molecule has 2 aromatic carbocycles. The van der Waals surface area contributed by atoms with Crippen molar-refractivity contribution in [2.24, 2.45) is 11.3 Å². The number of carbonyl (C=O) groups is 7. The number of piperidine rings is 1. The van der Waals surface area contributed by atoms with Crippen LogP contribution in [0.5, 0.6) is 0 Å². The number of amides is 6. The molecule has 6 amide bonds. The average Bonchev–Trinajstić information content (AvgIpc) is 3.76. The van der Waals surface area contributed by atoms with Gasteiger partial charge in [0.1, 0.15) is 41.4 Å². The van der Waals surface area contributed by atoms with Gasteiger partial charge in [-0.1, -0.05) is 74.5 Å². The van der Waals surface area contributed by atoms with Crippen molar-refractivity contribution < 1.29 is 48.1 Å². The first-order valence-corrected chi connectivity index (χ1v) is 25.2. The number of unbranched alkanes of at least 4 members (excludes halogenated alkanes) is 1. The highest BCUT2D eigenvalue weighted by Crippen LogP contribution is 2.52. The number of carboxylic acids is 1. The standard InChI is InChI=1S/C53H79N7O10/c1-35(2)30-40(56-45(62)41(31-36-18-11-9-12-19-36)57-46(63)42(32-37-20-13-10-14-21-37)58-50(68)70-52(6,7)8)44(61)55-39(22-15-16-26-54-49(67)69-51(3,4)5)47(64)59-28-24-53(25-29-59)33-38(34-53)60-27-17-23-43(60)48(65)66/h9-14,18-21,35,38-43H,15-17,22-34H2,1-8H3,(H,54,67)(H,55,61)(H,56,62)(H,57,63)(H,58,68)(H,65,66)/t39?,40?,41?,42?,43-/m1/s1. The van der Waals surface area contributed by atoms with Crippen molar-refractivity contribution >= 4 is 41.8 Å². The fourth-order valence-corrected chi connectivity index (χ4v) is 9.82. The number of rotatable bonds is 21. The molecule has 5 rings (SSSR count). The van der Waals surface area contributed by atoms with Crippen LogP contribution in [0.15, 0.2) is 60.7 Å². The molecule has 3 fully saturated rings. The summed E-state index contributed by atoms with van der Waals surface area (Å²) >= 11 is 0. The van der Waals surface area contributed by atoms with Crippen LogP contribution in [-0.2, 0) is 46.3 Å². The van der Waals surface area contributed by atoms with Gasteiger partial charge in [-0.15, -0.1) is 0 Å². The summed E-state index contributed by atoms with van der Waals surface area (Å²) < 4.78 is 10.9. The van der Waals surface area contributed by atoms with Crippen molar-refractivity contribution in [3.8, 4) is 0 Å². The van der Waals surface area contributed by atoms with Crippen LogP contribution in [-0.4, -0.2) is 130 Å². The topological polar surface area (TPSA) is 225 Å². The predicted octanol–water partition coefficient (Wildman–Crippen LogP) is 5.88. The minimum atomic E-state index is -1.17. The van der Waals surface area contributed by atoms with E-state index in [1.165, 1.54) is 0 Å². The van der Waals surface area contributed by atoms with Gasteiger partial charge in [-0.3, -0.25) is 28.9 Å². The molecule has 3 aliphatic rings. The Morgan fingerprint density at radius 2 is 1.17 bits per heavy atom. The van der Waals surface area contributed by atoms with Crippen molar-refractivity contribution in [1.29, 1.82) is 0 Å². The molecule has 0 bridgehead atoms. The minimum absolute atomic E-state index is 0.0465. The number of hydrogen-bond donors (Lipinski definition) is 6. The van der Waals surface area contributed by atoms with Crippen LogP contribution in [0.3, 0.4) is 0 Å². The molecule has 17 heteroatoms. The molecule has 1 spiro atoms. The number of nitrogens with zero attached hydrogens (tertiary/aromatic N) is 2. The van der Waals surface area contributed by atoms with E-state index in [1.54, 1.807) is 46.4 Å². The van der Waals surface area contributed by atoms with E-state index < -0.39 is 77.3 Å². The van der Waals surface area contributed by atoms with Crippen molar-refractivity contribution in [3.63, 3.8) is 0 Å². The van der Waals surface area contributed by atoms with E-state index >= 15 is 0 Å². The monoisotopic (exact) mass is 974 g/mol. The molecular formula is C53H79N7O10. The van der Waals surface area contributed by atoms with Crippen LogP contribution >= 0.6 is 0 Å². The van der Waals surface area contributed by atoms with Crippen LogP contribution in [0.25, 0.3) is 0 Å². The van der Waals surface area contributed by atoms with Gasteiger partial charge in [-0.25, -0.2) is 9.59 Å². The van der Waals surface area contributed by atoms with Crippen molar-refractivity contribution in [2.45, 2.75) is 180 Å². The van der Waals surface area contributed by atoms with E-state index in [4.69, 9.17) is 9.47 Å². The number of carbonyl (C=O) groups excluding carboxylic acids is 6. The van der Waals surface area contributed by atoms with Crippen molar-refractivity contribution in [2.75, 3.05) is 26.2 Å². The van der Waals surface area contributed by atoms with Gasteiger partial charge in [0.25, 0.3) is 0 Å². The van der Waals surface area contributed by atoms with Crippen LogP contribution < -0.4 is 26.6 Å². The van der Waals surface area contributed by atoms with Gasteiger partial charge in [-0.2, -0.15) is 0 Å². The molecule has 2 aromatic rings. The lowest BCUT2D eigenvalue weighted by Crippen LogP contribution is -2.60. The second kappa shape index (κ2) is 24.9. The molecule has 4 unspecified atom stereocenters. The third-order valence-corrected chi connectivity index (χ3v) is 13.3. The number of nitrogens with one attached hydrogen (secondary N) is 5. The summed E-state index contributed by atoms with van der Waals surface area (Å²) in [6.45, 7) is 16.4. The lowest BCUT2D eigenvalue weighted by atomic mass is 9.60. The molecule has 2 saturated heterocycles. The van der Waals surface area contributed by atoms with Gasteiger partial charge in [-0.05, 0) is 135 Å². The first kappa shape index (κ1) is 55.2. The number of benzene rings is 2. The lowest BCUT2D eigenvalue weighted by Gasteiger charge is -2.55. The normalized spacial score (nSPS) is 18.9. The molecule has 2 heterocycles. The van der Waals surface area contributed by atoms with Crippen LogP contribution in [0.2, 0.25) is 0 Å². The van der Waals surface area contributed by atoms with Gasteiger partial charge in [0.05, 0.1) is 0 Å². The first-order valence-electron chi connectivity index (χ1n) is 25.2. The Bertz CT molecular complexity index is 2070. The lowest BCUT2D eigenvalue weighted by molar-refractivity contribution is -0.147. The maximum absolute atomic E-state index is 14.5. The van der Waals surface area contributed by atoms with Gasteiger partial charge >= 0.3 is 18.2 Å². The zero-order valence-electron chi connectivity index (χ0n) is 42.6. The van der Waals surface area contributed by atoms with E-state index in [1.807, 2.05) is 74.5 Å². The Hall–Kier alpha value is -5.71. The summed E-state index contributed by atoms with van der Waals surface area (Å²) in [5.74, 6) is -2.83. The molecule has 1 aliphatic carbocycles. The molecular weight excluding hydrogens is 895 g/mol.